The molecule has 0 spiro atoms. The zero-order chi connectivity index (χ0) is 21.4. The SMILES string of the molecule is CC(C(=O)NC(=O)NC12CC3CC(CC(C3)C1)C2)N1CCN(Cc2ccncc2)CC1. The molecule has 1 aromatic rings. The number of piperazine rings is 1. The zero-order valence-corrected chi connectivity index (χ0v) is 18.6. The summed E-state index contributed by atoms with van der Waals surface area (Å²) in [6.07, 6.45) is 10.9. The molecule has 1 atom stereocenters. The Kier molecular flexibility index (Phi) is 5.73. The molecule has 7 nitrogen and oxygen atoms in total. The Balaban J connectivity index is 1.09. The van der Waals surface area contributed by atoms with Gasteiger partial charge in [-0.1, -0.05) is 0 Å². The predicted molar refractivity (Wildman–Crippen MR) is 118 cm³/mol. The van der Waals surface area contributed by atoms with Crippen LogP contribution in [0.3, 0.4) is 0 Å². The van der Waals surface area contributed by atoms with Crippen LogP contribution in [0.5, 0.6) is 0 Å². The Labute approximate surface area is 185 Å². The molecule has 1 aromatic heterocycles. The number of amides is 3. The molecule has 3 amide bonds. The minimum Gasteiger partial charge on any atom is -0.332 e. The molecular formula is C24H35N5O2. The number of aromatic nitrogens is 1. The third-order valence-corrected chi connectivity index (χ3v) is 8.14. The molecule has 6 rings (SSSR count). The number of hydrogen-bond acceptors (Lipinski definition) is 5. The summed E-state index contributed by atoms with van der Waals surface area (Å²) in [5.74, 6) is 2.11. The molecule has 5 aliphatic rings. The van der Waals surface area contributed by atoms with Crippen molar-refractivity contribution in [1.29, 1.82) is 0 Å². The maximum absolute atomic E-state index is 12.8. The van der Waals surface area contributed by atoms with E-state index in [1.54, 1.807) is 0 Å². The van der Waals surface area contributed by atoms with Crippen molar-refractivity contribution in [2.24, 2.45) is 17.8 Å². The lowest BCUT2D eigenvalue weighted by Gasteiger charge is -2.56. The number of urea groups is 1. The van der Waals surface area contributed by atoms with Gasteiger partial charge in [0.05, 0.1) is 6.04 Å². The van der Waals surface area contributed by atoms with E-state index in [1.165, 1.54) is 24.8 Å². The van der Waals surface area contributed by atoms with E-state index in [9.17, 15) is 9.59 Å². The van der Waals surface area contributed by atoms with E-state index in [0.717, 1.165) is 69.7 Å². The fourth-order valence-electron chi connectivity index (χ4n) is 6.97. The molecule has 0 aromatic carbocycles. The van der Waals surface area contributed by atoms with Gasteiger partial charge in [-0.3, -0.25) is 24.9 Å². The van der Waals surface area contributed by atoms with Crippen LogP contribution >= 0.6 is 0 Å². The lowest BCUT2D eigenvalue weighted by molar-refractivity contribution is -0.125. The van der Waals surface area contributed by atoms with E-state index in [1.807, 2.05) is 31.5 Å². The summed E-state index contributed by atoms with van der Waals surface area (Å²) in [6, 6.07) is 3.50. The summed E-state index contributed by atoms with van der Waals surface area (Å²) in [5, 5.41) is 5.90. The van der Waals surface area contributed by atoms with Gasteiger partial charge in [0.2, 0.25) is 5.91 Å². The highest BCUT2D eigenvalue weighted by Gasteiger charge is 2.51. The molecule has 4 aliphatic carbocycles. The number of nitrogens with zero attached hydrogens (tertiary/aromatic N) is 3. The van der Waals surface area contributed by atoms with E-state index >= 15 is 0 Å². The molecule has 0 radical (unpaired) electrons. The first-order chi connectivity index (χ1) is 15.0. The Hall–Kier alpha value is -1.99. The fraction of sp³-hybridized carbons (Fsp3) is 0.708. The van der Waals surface area contributed by atoms with Crippen LogP contribution < -0.4 is 10.6 Å². The first-order valence-corrected chi connectivity index (χ1v) is 12.0. The van der Waals surface area contributed by atoms with Crippen molar-refractivity contribution in [3.63, 3.8) is 0 Å². The molecule has 31 heavy (non-hydrogen) atoms. The second-order valence-electron chi connectivity index (χ2n) is 10.5. The van der Waals surface area contributed by atoms with Gasteiger partial charge < -0.3 is 5.32 Å². The van der Waals surface area contributed by atoms with Gasteiger partial charge in [-0.2, -0.15) is 0 Å². The number of pyridine rings is 1. The number of nitrogens with one attached hydrogen (secondary N) is 2. The van der Waals surface area contributed by atoms with Gasteiger partial charge in [-0.15, -0.1) is 0 Å². The molecule has 168 valence electrons. The minimum absolute atomic E-state index is 0.0685. The smallest absolute Gasteiger partial charge is 0.321 e. The van der Waals surface area contributed by atoms with Gasteiger partial charge in [-0.05, 0) is 80.9 Å². The fourth-order valence-corrected chi connectivity index (χ4v) is 6.97. The number of carbonyl (C=O) groups is 2. The Morgan fingerprint density at radius 2 is 1.61 bits per heavy atom. The second-order valence-corrected chi connectivity index (χ2v) is 10.5. The van der Waals surface area contributed by atoms with Crippen molar-refractivity contribution in [3.05, 3.63) is 30.1 Å². The highest BCUT2D eigenvalue weighted by molar-refractivity contribution is 5.97. The van der Waals surface area contributed by atoms with E-state index in [0.29, 0.717) is 0 Å². The predicted octanol–water partition coefficient (Wildman–Crippen LogP) is 2.38. The average molecular weight is 426 g/mol. The summed E-state index contributed by atoms with van der Waals surface area (Å²) in [5.41, 5.74) is 1.19. The quantitative estimate of drug-likeness (QED) is 0.757. The van der Waals surface area contributed by atoms with Crippen LogP contribution in [0.2, 0.25) is 0 Å². The molecule has 5 fully saturated rings. The average Bonchev–Trinajstić information content (AvgIpc) is 2.73. The normalized spacial score (nSPS) is 33.8. The Bertz CT molecular complexity index is 770. The number of rotatable bonds is 5. The van der Waals surface area contributed by atoms with Gasteiger partial charge in [0.1, 0.15) is 0 Å². The van der Waals surface area contributed by atoms with Crippen LogP contribution in [0.1, 0.15) is 51.0 Å². The Morgan fingerprint density at radius 1 is 1.03 bits per heavy atom. The maximum Gasteiger partial charge on any atom is 0.321 e. The summed E-state index contributed by atoms with van der Waals surface area (Å²) in [7, 11) is 0. The summed E-state index contributed by atoms with van der Waals surface area (Å²) in [4.78, 5) is 34.1. The van der Waals surface area contributed by atoms with E-state index < -0.39 is 0 Å². The summed E-state index contributed by atoms with van der Waals surface area (Å²) in [6.45, 7) is 6.31. The lowest BCUT2D eigenvalue weighted by atomic mass is 9.53. The number of hydrogen-bond donors (Lipinski definition) is 2. The molecule has 1 aliphatic heterocycles. The van der Waals surface area contributed by atoms with Crippen LogP contribution in [0, 0.1) is 17.8 Å². The molecule has 1 saturated heterocycles. The first kappa shape index (κ1) is 20.9. The lowest BCUT2D eigenvalue weighted by Crippen LogP contribution is -2.63. The van der Waals surface area contributed by atoms with Crippen LogP contribution in [0.25, 0.3) is 0 Å². The third-order valence-electron chi connectivity index (χ3n) is 8.14. The number of imide groups is 1. The standard InChI is InChI=1S/C24H35N5O2/c1-17(29-8-6-28(7-9-29)16-18-2-4-25-5-3-18)22(30)26-23(31)27-24-13-19-10-20(14-24)12-21(11-19)15-24/h2-5,17,19-21H,6-16H2,1H3,(H2,26,27,30,31). The van der Waals surface area contributed by atoms with Crippen molar-refractivity contribution in [3.8, 4) is 0 Å². The molecule has 4 bridgehead atoms. The van der Waals surface area contributed by atoms with E-state index in [2.05, 4.69) is 25.4 Å². The van der Waals surface area contributed by atoms with Crippen molar-refractivity contribution in [2.45, 2.75) is 63.6 Å². The van der Waals surface area contributed by atoms with Crippen molar-refractivity contribution >= 4 is 11.9 Å². The largest absolute Gasteiger partial charge is 0.332 e. The van der Waals surface area contributed by atoms with Gasteiger partial charge in [-0.25, -0.2) is 4.79 Å². The van der Waals surface area contributed by atoms with Gasteiger partial charge in [0.25, 0.3) is 0 Å². The zero-order valence-electron chi connectivity index (χ0n) is 18.6. The Morgan fingerprint density at radius 3 is 2.19 bits per heavy atom. The first-order valence-electron chi connectivity index (χ1n) is 12.0. The second kappa shape index (κ2) is 8.51. The van der Waals surface area contributed by atoms with Crippen molar-refractivity contribution in [2.75, 3.05) is 26.2 Å². The van der Waals surface area contributed by atoms with Crippen LogP contribution in [0.4, 0.5) is 4.79 Å². The highest BCUT2D eigenvalue weighted by atomic mass is 16.2. The molecular weight excluding hydrogens is 390 g/mol. The molecule has 4 saturated carbocycles. The molecule has 2 N–H and O–H groups in total. The summed E-state index contributed by atoms with van der Waals surface area (Å²) < 4.78 is 0. The summed E-state index contributed by atoms with van der Waals surface area (Å²) >= 11 is 0. The van der Waals surface area contributed by atoms with Crippen LogP contribution in [-0.2, 0) is 11.3 Å². The molecule has 7 heteroatoms. The minimum atomic E-state index is -0.301. The van der Waals surface area contributed by atoms with E-state index in [-0.39, 0.29) is 23.5 Å². The van der Waals surface area contributed by atoms with Gasteiger partial charge in [0.15, 0.2) is 0 Å². The topological polar surface area (TPSA) is 77.6 Å². The monoisotopic (exact) mass is 425 g/mol. The third kappa shape index (κ3) is 4.62. The van der Waals surface area contributed by atoms with Crippen LogP contribution in [0.15, 0.2) is 24.5 Å². The van der Waals surface area contributed by atoms with Crippen LogP contribution in [-0.4, -0.2) is 64.5 Å². The van der Waals surface area contributed by atoms with Crippen molar-refractivity contribution < 1.29 is 9.59 Å². The van der Waals surface area contributed by atoms with Gasteiger partial charge in [0, 0.05) is 50.7 Å². The van der Waals surface area contributed by atoms with Crippen molar-refractivity contribution in [1.82, 2.24) is 25.4 Å². The van der Waals surface area contributed by atoms with E-state index in [4.69, 9.17) is 0 Å². The molecule has 2 heterocycles. The maximum atomic E-state index is 12.8. The highest BCUT2D eigenvalue weighted by Crippen LogP contribution is 2.55. The number of carbonyl (C=O) groups excluding carboxylic acids is 2. The van der Waals surface area contributed by atoms with Gasteiger partial charge >= 0.3 is 6.03 Å². The molecule has 1 unspecified atom stereocenters.